The number of benzene rings is 1. The van der Waals surface area contributed by atoms with Gasteiger partial charge in [-0.1, -0.05) is 0 Å². The lowest BCUT2D eigenvalue weighted by atomic mass is 10.1. The molecule has 0 unspecified atom stereocenters. The molecule has 0 aliphatic heterocycles. The van der Waals surface area contributed by atoms with Crippen LogP contribution in [0.3, 0.4) is 0 Å². The van der Waals surface area contributed by atoms with Crippen molar-refractivity contribution in [1.82, 2.24) is 0 Å². The lowest BCUT2D eigenvalue weighted by Crippen LogP contribution is -2.19. The minimum absolute atomic E-state index is 0. The summed E-state index contributed by atoms with van der Waals surface area (Å²) in [4.78, 5) is 0. The van der Waals surface area contributed by atoms with Gasteiger partial charge in [0.05, 0.1) is 6.04 Å². The molecule has 0 aliphatic rings. The minimum atomic E-state index is -2.96. The van der Waals surface area contributed by atoms with Crippen LogP contribution >= 0.6 is 12.4 Å². The summed E-state index contributed by atoms with van der Waals surface area (Å²) >= 11 is 0. The van der Waals surface area contributed by atoms with Crippen LogP contribution in [0.1, 0.15) is 11.6 Å². The van der Waals surface area contributed by atoms with E-state index in [9.17, 15) is 22.0 Å². The molecule has 0 amide bonds. The summed E-state index contributed by atoms with van der Waals surface area (Å²) in [7, 11) is 0. The Labute approximate surface area is 88.5 Å². The predicted octanol–water partition coefficient (Wildman–Crippen LogP) is 2.79. The number of hydrogen-bond acceptors (Lipinski definition) is 1. The molecular weight excluding hydrogens is 241 g/mol. The predicted molar refractivity (Wildman–Crippen MR) is 46.5 cm³/mol. The molecule has 1 aromatic rings. The van der Waals surface area contributed by atoms with Crippen molar-refractivity contribution < 1.29 is 22.0 Å². The molecule has 15 heavy (non-hydrogen) atoms. The van der Waals surface area contributed by atoms with Gasteiger partial charge in [0.2, 0.25) is 0 Å². The van der Waals surface area contributed by atoms with E-state index in [-0.39, 0.29) is 12.4 Å². The van der Waals surface area contributed by atoms with Gasteiger partial charge in [0.1, 0.15) is 0 Å². The normalized spacial score (nSPS) is 12.5. The van der Waals surface area contributed by atoms with E-state index >= 15 is 0 Å². The number of rotatable bonds is 2. The largest absolute Gasteiger partial charge is 0.319 e. The van der Waals surface area contributed by atoms with Gasteiger partial charge in [0, 0.05) is 0 Å². The maximum Gasteiger partial charge on any atom is 0.257 e. The van der Waals surface area contributed by atoms with Gasteiger partial charge in [0.15, 0.2) is 17.5 Å². The lowest BCUT2D eigenvalue weighted by molar-refractivity contribution is 0.116. The molecule has 0 radical (unpaired) electrons. The summed E-state index contributed by atoms with van der Waals surface area (Å²) < 4.78 is 61.5. The van der Waals surface area contributed by atoms with Crippen molar-refractivity contribution in [2.75, 3.05) is 0 Å². The van der Waals surface area contributed by atoms with Crippen LogP contribution in [0.4, 0.5) is 22.0 Å². The van der Waals surface area contributed by atoms with Crippen LogP contribution in [0.5, 0.6) is 0 Å². The smallest absolute Gasteiger partial charge is 0.257 e. The number of hydrogen-bond donors (Lipinski definition) is 1. The highest BCUT2D eigenvalue weighted by molar-refractivity contribution is 5.85. The van der Waals surface area contributed by atoms with Crippen LogP contribution < -0.4 is 5.73 Å². The molecule has 1 aromatic carbocycles. The lowest BCUT2D eigenvalue weighted by Gasteiger charge is -2.10. The fraction of sp³-hybridized carbons (Fsp3) is 0.250. The van der Waals surface area contributed by atoms with Crippen molar-refractivity contribution in [3.05, 3.63) is 35.1 Å². The molecule has 1 rings (SSSR count). The third-order valence-corrected chi connectivity index (χ3v) is 1.66. The molecule has 0 fully saturated rings. The average molecular weight is 248 g/mol. The fourth-order valence-corrected chi connectivity index (χ4v) is 0.913. The Kier molecular flexibility index (Phi) is 4.96. The van der Waals surface area contributed by atoms with Crippen LogP contribution in [-0.4, -0.2) is 6.43 Å². The van der Waals surface area contributed by atoms with Crippen molar-refractivity contribution in [1.29, 1.82) is 0 Å². The van der Waals surface area contributed by atoms with Crippen molar-refractivity contribution in [3.8, 4) is 0 Å². The third-order valence-electron chi connectivity index (χ3n) is 1.66. The summed E-state index contributed by atoms with van der Waals surface area (Å²) in [5.74, 6) is -4.76. The van der Waals surface area contributed by atoms with E-state index in [1.165, 1.54) is 0 Å². The van der Waals surface area contributed by atoms with Gasteiger partial charge in [-0.15, -0.1) is 12.4 Å². The Hall–Kier alpha value is -0.880. The Morgan fingerprint density at radius 1 is 1.00 bits per heavy atom. The molecule has 0 spiro atoms. The molecule has 2 N–H and O–H groups in total. The summed E-state index contributed by atoms with van der Waals surface area (Å²) in [6, 6.07) is -0.913. The van der Waals surface area contributed by atoms with E-state index in [1.54, 1.807) is 0 Å². The molecule has 0 saturated heterocycles. The second-order valence-electron chi connectivity index (χ2n) is 2.66. The zero-order valence-electron chi connectivity index (χ0n) is 7.18. The first-order valence-electron chi connectivity index (χ1n) is 3.61. The van der Waals surface area contributed by atoms with E-state index in [0.717, 1.165) is 0 Å². The molecule has 0 aliphatic carbocycles. The highest BCUT2D eigenvalue weighted by atomic mass is 35.5. The Bertz CT molecular complexity index is 321. The van der Waals surface area contributed by atoms with Gasteiger partial charge in [-0.3, -0.25) is 0 Å². The van der Waals surface area contributed by atoms with Crippen molar-refractivity contribution in [2.45, 2.75) is 12.5 Å². The summed E-state index contributed by atoms with van der Waals surface area (Å²) in [5.41, 5.74) is 4.44. The zero-order valence-corrected chi connectivity index (χ0v) is 8.00. The van der Waals surface area contributed by atoms with E-state index in [4.69, 9.17) is 5.73 Å². The zero-order chi connectivity index (χ0) is 10.9. The van der Waals surface area contributed by atoms with Crippen LogP contribution in [-0.2, 0) is 0 Å². The summed E-state index contributed by atoms with van der Waals surface area (Å²) in [6.45, 7) is 0. The first kappa shape index (κ1) is 14.1. The SMILES string of the molecule is Cl.N[C@@H](c1cc(F)c(F)c(F)c1)C(F)F. The molecule has 86 valence electrons. The minimum Gasteiger partial charge on any atom is -0.319 e. The van der Waals surface area contributed by atoms with Crippen LogP contribution in [0.15, 0.2) is 12.1 Å². The molecular formula is C8H7ClF5N. The summed E-state index contributed by atoms with van der Waals surface area (Å²) in [6.07, 6.45) is -2.96. The fourth-order valence-electron chi connectivity index (χ4n) is 0.913. The standard InChI is InChI=1S/C8H6F5N.ClH/c9-4-1-3(7(14)8(12)13)2-5(10)6(4)11;/h1-2,7-8H,14H2;1H/t7-;/m0./s1. The van der Waals surface area contributed by atoms with E-state index in [2.05, 4.69) is 0 Å². The van der Waals surface area contributed by atoms with Crippen LogP contribution in [0.25, 0.3) is 0 Å². The molecule has 7 heteroatoms. The van der Waals surface area contributed by atoms with Crippen molar-refractivity contribution in [2.24, 2.45) is 5.73 Å². The Morgan fingerprint density at radius 2 is 1.40 bits per heavy atom. The number of alkyl halides is 2. The summed E-state index contributed by atoms with van der Waals surface area (Å²) in [5, 5.41) is 0. The van der Waals surface area contributed by atoms with Crippen LogP contribution in [0.2, 0.25) is 0 Å². The third kappa shape index (κ3) is 3.04. The first-order valence-corrected chi connectivity index (χ1v) is 3.61. The van der Waals surface area contributed by atoms with E-state index in [1.807, 2.05) is 0 Å². The molecule has 0 heterocycles. The molecule has 0 bridgehead atoms. The van der Waals surface area contributed by atoms with Gasteiger partial charge in [-0.05, 0) is 17.7 Å². The topological polar surface area (TPSA) is 26.0 Å². The highest BCUT2D eigenvalue weighted by Crippen LogP contribution is 2.21. The Balaban J connectivity index is 0.00000196. The number of nitrogens with two attached hydrogens (primary N) is 1. The number of halogens is 6. The monoisotopic (exact) mass is 247 g/mol. The van der Waals surface area contributed by atoms with Gasteiger partial charge in [-0.25, -0.2) is 22.0 Å². The maximum absolute atomic E-state index is 12.5. The van der Waals surface area contributed by atoms with Gasteiger partial charge in [-0.2, -0.15) is 0 Å². The second kappa shape index (κ2) is 5.27. The highest BCUT2D eigenvalue weighted by Gasteiger charge is 2.21. The van der Waals surface area contributed by atoms with Gasteiger partial charge in [0.25, 0.3) is 6.43 Å². The average Bonchev–Trinajstić information content (AvgIpc) is 2.12. The van der Waals surface area contributed by atoms with Crippen molar-refractivity contribution in [3.63, 3.8) is 0 Å². The molecule has 0 aromatic heterocycles. The molecule has 1 nitrogen and oxygen atoms in total. The quantitative estimate of drug-likeness (QED) is 0.631. The van der Waals surface area contributed by atoms with Gasteiger partial charge < -0.3 is 5.73 Å². The van der Waals surface area contributed by atoms with Crippen LogP contribution in [0, 0.1) is 17.5 Å². The molecule has 0 saturated carbocycles. The Morgan fingerprint density at radius 3 is 1.73 bits per heavy atom. The van der Waals surface area contributed by atoms with E-state index < -0.39 is 35.5 Å². The maximum atomic E-state index is 12.5. The first-order chi connectivity index (χ1) is 6.43. The second-order valence-corrected chi connectivity index (χ2v) is 2.66. The van der Waals surface area contributed by atoms with Gasteiger partial charge >= 0.3 is 0 Å². The van der Waals surface area contributed by atoms with Crippen molar-refractivity contribution >= 4 is 12.4 Å². The molecule has 1 atom stereocenters. The van der Waals surface area contributed by atoms with E-state index in [0.29, 0.717) is 12.1 Å².